The SMILES string of the molecule is CCCCC(C)(C)c1ccc(N2c3cc(C)cc4c3B(c3cc5c(cc3N4c3cc4c(cc3-c3cccc6c3C(C)(C)CCC6(C)C)C(C)(C)CCC4(C)C)C(C)(C)CCC5(C)C)c3oc4cc5c(cc4c32)C(C)(C)CCC5(C)C)cc1CC. The number of aryl methyl sites for hydroxylation is 2. The summed E-state index contributed by atoms with van der Waals surface area (Å²) in [5, 5.41) is 1.23. The molecule has 6 aromatic carbocycles. The predicted octanol–water partition coefficient (Wildman–Crippen LogP) is 20.9. The second kappa shape index (κ2) is 18.5. The van der Waals surface area contributed by atoms with E-state index in [9.17, 15) is 0 Å². The third kappa shape index (κ3) is 8.51. The summed E-state index contributed by atoms with van der Waals surface area (Å²) in [4.78, 5) is 5.53. The smallest absolute Gasteiger partial charge is 0.297 e. The number of furan rings is 1. The second-order valence-corrected chi connectivity index (χ2v) is 33.9. The molecule has 2 aliphatic heterocycles. The minimum atomic E-state index is -0.150. The molecule has 0 atom stereocenters. The van der Waals surface area contributed by atoms with Crippen molar-refractivity contribution in [3.63, 3.8) is 0 Å². The Kier molecular flexibility index (Phi) is 12.7. The predicted molar refractivity (Wildman–Crippen MR) is 363 cm³/mol. The van der Waals surface area contributed by atoms with Crippen LogP contribution in [0.15, 0.2) is 89.3 Å². The molecule has 13 rings (SSSR count). The van der Waals surface area contributed by atoms with Gasteiger partial charge in [-0.15, -0.1) is 0 Å². The summed E-state index contributed by atoms with van der Waals surface area (Å²) < 4.78 is 7.93. The molecule has 0 saturated heterocycles. The zero-order chi connectivity index (χ0) is 60.2. The van der Waals surface area contributed by atoms with Crippen LogP contribution in [-0.4, -0.2) is 6.71 Å². The van der Waals surface area contributed by atoms with Gasteiger partial charge in [0, 0.05) is 33.7 Å². The van der Waals surface area contributed by atoms with Crippen molar-refractivity contribution in [1.82, 2.24) is 0 Å². The molecular formula is C80H101BN2O. The van der Waals surface area contributed by atoms with Crippen LogP contribution in [0.5, 0.6) is 0 Å². The lowest BCUT2D eigenvalue weighted by molar-refractivity contribution is 0.331. The second-order valence-electron chi connectivity index (χ2n) is 33.9. The first-order valence-electron chi connectivity index (χ1n) is 33.2. The maximum Gasteiger partial charge on any atom is 0.297 e. The number of fused-ring (bicyclic) bond motifs is 10. The average molecular weight is 1120 g/mol. The standard InChI is InChI=1S/C80H101BN2O/c1-22-24-30-72(4,5)54-29-28-50(41-49(54)23-2)82-65-39-48(3)40-66-69(65)81(71-70(82)53-43-57-61(47-67(53)84-71)79(18,19)36-32-75(57,10)11)62-44-58-60(78(16,17)35-33-76(58,12)13)46-64(62)83(66)63-45-59-56(74(8,9)31-34-77(59,14)15)42-52(63)51-26-25-27-55-68(51)80(20,21)38-37-73(55,6)7/h25-29,39-47H,22-24,30-38H2,1-21H3. The topological polar surface area (TPSA) is 19.6 Å². The fraction of sp³-hybridized carbons (Fsp3) is 0.525. The maximum atomic E-state index is 7.93. The molecule has 0 saturated carbocycles. The molecule has 6 aliphatic rings. The molecule has 0 amide bonds. The van der Waals surface area contributed by atoms with Crippen LogP contribution >= 0.6 is 0 Å². The molecule has 84 heavy (non-hydrogen) atoms. The Morgan fingerprint density at radius 3 is 1.56 bits per heavy atom. The van der Waals surface area contributed by atoms with Crippen molar-refractivity contribution < 1.29 is 4.42 Å². The first kappa shape index (κ1) is 57.6. The lowest BCUT2D eigenvalue weighted by Gasteiger charge is -2.48. The third-order valence-electron chi connectivity index (χ3n) is 23.7. The normalized spacial score (nSPS) is 21.2. The van der Waals surface area contributed by atoms with Gasteiger partial charge in [0.15, 0.2) is 0 Å². The van der Waals surface area contributed by atoms with Crippen molar-refractivity contribution in [2.45, 2.75) is 271 Å². The average Bonchev–Trinajstić information content (AvgIpc) is 1.20. The molecule has 7 aromatic rings. The summed E-state index contributed by atoms with van der Waals surface area (Å²) in [5.74, 6) is 0. The van der Waals surface area contributed by atoms with E-state index < -0.39 is 0 Å². The molecule has 3 nitrogen and oxygen atoms in total. The minimum Gasteiger partial charge on any atom is -0.468 e. The maximum absolute atomic E-state index is 7.93. The molecule has 440 valence electrons. The largest absolute Gasteiger partial charge is 0.468 e. The van der Waals surface area contributed by atoms with Gasteiger partial charge in [0.1, 0.15) is 5.58 Å². The highest BCUT2D eigenvalue weighted by Gasteiger charge is 2.51. The highest BCUT2D eigenvalue weighted by Crippen LogP contribution is 2.59. The van der Waals surface area contributed by atoms with Crippen molar-refractivity contribution in [3.8, 4) is 11.1 Å². The van der Waals surface area contributed by atoms with Crippen LogP contribution in [0.2, 0.25) is 0 Å². The number of anilines is 6. The summed E-state index contributed by atoms with van der Waals surface area (Å²) in [6, 6.07) is 36.1. The third-order valence-corrected chi connectivity index (χ3v) is 23.7. The Balaban J connectivity index is 1.19. The van der Waals surface area contributed by atoms with Crippen LogP contribution in [-0.2, 0) is 55.2 Å². The highest BCUT2D eigenvalue weighted by molar-refractivity contribution is 7.00. The monoisotopic (exact) mass is 1120 g/mol. The van der Waals surface area contributed by atoms with Crippen LogP contribution in [0.1, 0.15) is 270 Å². The lowest BCUT2D eigenvalue weighted by Crippen LogP contribution is -2.61. The Morgan fingerprint density at radius 2 is 0.988 bits per heavy atom. The molecule has 4 heteroatoms. The van der Waals surface area contributed by atoms with Gasteiger partial charge in [-0.2, -0.15) is 0 Å². The van der Waals surface area contributed by atoms with Gasteiger partial charge in [-0.1, -0.05) is 182 Å². The zero-order valence-electron chi connectivity index (χ0n) is 55.9. The van der Waals surface area contributed by atoms with Crippen molar-refractivity contribution >= 4 is 68.4 Å². The van der Waals surface area contributed by atoms with Gasteiger partial charge >= 0.3 is 0 Å². The molecule has 4 aliphatic carbocycles. The van der Waals surface area contributed by atoms with E-state index in [-0.39, 0.29) is 55.4 Å². The Bertz CT molecular complexity index is 3900. The number of hydrogen-bond donors (Lipinski definition) is 0. The zero-order valence-corrected chi connectivity index (χ0v) is 55.9. The van der Waals surface area contributed by atoms with Crippen LogP contribution in [0.4, 0.5) is 34.1 Å². The summed E-state index contributed by atoms with van der Waals surface area (Å²) >= 11 is 0. The van der Waals surface area contributed by atoms with Gasteiger partial charge in [-0.25, -0.2) is 0 Å². The quantitative estimate of drug-likeness (QED) is 0.141. The van der Waals surface area contributed by atoms with Crippen LogP contribution < -0.4 is 26.4 Å². The van der Waals surface area contributed by atoms with Crippen LogP contribution in [0, 0.1) is 6.92 Å². The molecule has 0 unspecified atom stereocenters. The van der Waals surface area contributed by atoms with E-state index in [2.05, 4.69) is 240 Å². The van der Waals surface area contributed by atoms with E-state index in [1.807, 2.05) is 0 Å². The summed E-state index contributed by atoms with van der Waals surface area (Å²) in [6.45, 7) is 52.0. The van der Waals surface area contributed by atoms with E-state index in [0.717, 1.165) is 56.2 Å². The summed E-state index contributed by atoms with van der Waals surface area (Å²) in [7, 11) is 0. The minimum absolute atomic E-state index is 0.00793. The van der Waals surface area contributed by atoms with Crippen molar-refractivity contribution in [2.75, 3.05) is 9.80 Å². The number of benzene rings is 6. The van der Waals surface area contributed by atoms with E-state index in [1.54, 1.807) is 0 Å². The van der Waals surface area contributed by atoms with Gasteiger partial charge in [0.2, 0.25) is 0 Å². The number of rotatable bonds is 8. The molecule has 0 bridgehead atoms. The molecule has 0 radical (unpaired) electrons. The van der Waals surface area contributed by atoms with Gasteiger partial charge in [-0.05, 0) is 252 Å². The van der Waals surface area contributed by atoms with Crippen molar-refractivity contribution in [1.29, 1.82) is 0 Å². The highest BCUT2D eigenvalue weighted by atomic mass is 16.3. The van der Waals surface area contributed by atoms with E-state index in [0.29, 0.717) is 0 Å². The fourth-order valence-corrected chi connectivity index (χ4v) is 17.6. The van der Waals surface area contributed by atoms with Crippen LogP contribution in [0.3, 0.4) is 0 Å². The van der Waals surface area contributed by atoms with Gasteiger partial charge in [0.05, 0.1) is 17.0 Å². The molecule has 0 spiro atoms. The summed E-state index contributed by atoms with van der Waals surface area (Å²) in [5.41, 5.74) is 31.5. The number of unbranched alkanes of at least 4 members (excludes halogenated alkanes) is 1. The van der Waals surface area contributed by atoms with Gasteiger partial charge in [0.25, 0.3) is 6.71 Å². The Labute approximate surface area is 508 Å². The summed E-state index contributed by atoms with van der Waals surface area (Å²) in [6.07, 6.45) is 13.8. The Hall–Kier alpha value is -5.48. The fourth-order valence-electron chi connectivity index (χ4n) is 17.6. The van der Waals surface area contributed by atoms with E-state index in [1.165, 1.54) is 155 Å². The molecule has 1 aromatic heterocycles. The molecule has 0 N–H and O–H groups in total. The molecule has 0 fully saturated rings. The van der Waals surface area contributed by atoms with E-state index >= 15 is 0 Å². The first-order valence-corrected chi connectivity index (χ1v) is 33.2. The lowest BCUT2D eigenvalue weighted by atomic mass is 9.35. The van der Waals surface area contributed by atoms with Crippen molar-refractivity contribution in [3.05, 3.63) is 146 Å². The molecular weight excluding hydrogens is 1020 g/mol. The van der Waals surface area contributed by atoms with E-state index in [4.69, 9.17) is 4.42 Å². The number of nitrogens with zero attached hydrogens (tertiary/aromatic N) is 2. The molecule has 3 heterocycles. The van der Waals surface area contributed by atoms with Crippen LogP contribution in [0.25, 0.3) is 22.1 Å². The Morgan fingerprint density at radius 1 is 0.488 bits per heavy atom. The van der Waals surface area contributed by atoms with Gasteiger partial charge in [-0.3, -0.25) is 0 Å². The number of hydrogen-bond acceptors (Lipinski definition) is 3. The van der Waals surface area contributed by atoms with Gasteiger partial charge < -0.3 is 14.2 Å². The first-order chi connectivity index (χ1) is 39.1. The van der Waals surface area contributed by atoms with Crippen molar-refractivity contribution in [2.24, 2.45) is 0 Å².